The molecule has 192 valence electrons. The fourth-order valence-corrected chi connectivity index (χ4v) is 5.79. The Balaban J connectivity index is 1.90. The number of halogens is 4. The quantitative estimate of drug-likeness (QED) is 0.496. The number of hydrogen-bond donors (Lipinski definition) is 2. The van der Waals surface area contributed by atoms with E-state index in [2.05, 4.69) is 10.3 Å². The molecular weight excluding hydrogens is 507 g/mol. The Bertz CT molecular complexity index is 1110. The van der Waals surface area contributed by atoms with Gasteiger partial charge in [0.1, 0.15) is 10.0 Å². The lowest BCUT2D eigenvalue weighted by Crippen LogP contribution is -2.44. The topological polar surface area (TPSA) is 99.6 Å². The van der Waals surface area contributed by atoms with Crippen molar-refractivity contribution in [3.05, 3.63) is 58.9 Å². The number of nitrogens with zero attached hydrogens (tertiary/aromatic N) is 2. The second-order valence-corrected chi connectivity index (χ2v) is 11.0. The van der Waals surface area contributed by atoms with E-state index < -0.39 is 40.1 Å². The number of sulfonamides is 1. The summed E-state index contributed by atoms with van der Waals surface area (Å²) in [5.74, 6) is -1.99. The molecule has 35 heavy (non-hydrogen) atoms. The number of rotatable bonds is 8. The van der Waals surface area contributed by atoms with Gasteiger partial charge in [0.05, 0.1) is 12.5 Å². The van der Waals surface area contributed by atoms with Crippen molar-refractivity contribution in [3.63, 3.8) is 0 Å². The van der Waals surface area contributed by atoms with Crippen LogP contribution in [-0.4, -0.2) is 53.6 Å². The normalized spacial score (nSPS) is 20.0. The number of hydrogen-bond acceptors (Lipinski definition) is 5. The van der Waals surface area contributed by atoms with Gasteiger partial charge in [-0.15, -0.1) is 0 Å². The van der Waals surface area contributed by atoms with E-state index in [1.54, 1.807) is 19.1 Å². The van der Waals surface area contributed by atoms with Crippen LogP contribution < -0.4 is 5.32 Å². The molecule has 1 fully saturated rings. The van der Waals surface area contributed by atoms with Gasteiger partial charge in [0.25, 0.3) is 5.91 Å². The van der Waals surface area contributed by atoms with Gasteiger partial charge in [-0.2, -0.15) is 17.5 Å². The molecule has 1 aliphatic rings. The zero-order valence-corrected chi connectivity index (χ0v) is 20.6. The molecule has 1 heterocycles. The third-order valence-electron chi connectivity index (χ3n) is 6.03. The SMILES string of the molecule is CC(CO)NC(=O)c1ccc(CN(C2CCCC(C(F)(F)F)C2)S(=O)(=O)c2ccc(Cl)nc2)cc1. The number of amides is 1. The molecule has 1 saturated carbocycles. The van der Waals surface area contributed by atoms with Gasteiger partial charge in [-0.05, 0) is 56.0 Å². The highest BCUT2D eigenvalue weighted by Crippen LogP contribution is 2.40. The van der Waals surface area contributed by atoms with Crippen LogP contribution in [0.15, 0.2) is 47.5 Å². The molecule has 2 N–H and O–H groups in total. The lowest BCUT2D eigenvalue weighted by molar-refractivity contribution is -0.185. The van der Waals surface area contributed by atoms with Crippen LogP contribution in [0.5, 0.6) is 0 Å². The Morgan fingerprint density at radius 3 is 2.49 bits per heavy atom. The molecule has 3 rings (SSSR count). The van der Waals surface area contributed by atoms with Crippen molar-refractivity contribution in [2.24, 2.45) is 5.92 Å². The third-order valence-corrected chi connectivity index (χ3v) is 8.13. The van der Waals surface area contributed by atoms with Crippen LogP contribution in [-0.2, 0) is 16.6 Å². The molecule has 0 saturated heterocycles. The molecule has 1 aromatic carbocycles. The summed E-state index contributed by atoms with van der Waals surface area (Å²) >= 11 is 5.78. The summed E-state index contributed by atoms with van der Waals surface area (Å²) in [7, 11) is -4.19. The monoisotopic (exact) mass is 533 g/mol. The molecule has 3 unspecified atom stereocenters. The van der Waals surface area contributed by atoms with Gasteiger partial charge < -0.3 is 10.4 Å². The van der Waals surface area contributed by atoms with E-state index in [9.17, 15) is 26.4 Å². The van der Waals surface area contributed by atoms with Gasteiger partial charge in [-0.3, -0.25) is 4.79 Å². The van der Waals surface area contributed by atoms with Crippen molar-refractivity contribution in [1.82, 2.24) is 14.6 Å². The van der Waals surface area contributed by atoms with Crippen molar-refractivity contribution in [2.75, 3.05) is 6.61 Å². The summed E-state index contributed by atoms with van der Waals surface area (Å²) in [5, 5.41) is 11.8. The summed E-state index contributed by atoms with van der Waals surface area (Å²) in [5.41, 5.74) is 0.816. The number of carbonyl (C=O) groups is 1. The summed E-state index contributed by atoms with van der Waals surface area (Å²) < 4.78 is 68.5. The number of benzene rings is 1. The van der Waals surface area contributed by atoms with Crippen LogP contribution in [0.3, 0.4) is 0 Å². The molecule has 0 aliphatic heterocycles. The van der Waals surface area contributed by atoms with Gasteiger partial charge in [-0.1, -0.05) is 30.2 Å². The number of alkyl halides is 3. The zero-order chi connectivity index (χ0) is 25.8. The molecule has 2 aromatic rings. The molecular formula is C23H27ClF3N3O4S. The minimum absolute atomic E-state index is 0.0353. The van der Waals surface area contributed by atoms with E-state index in [1.807, 2.05) is 0 Å². The summed E-state index contributed by atoms with van der Waals surface area (Å²) in [4.78, 5) is 15.9. The second-order valence-electron chi connectivity index (χ2n) is 8.68. The van der Waals surface area contributed by atoms with Gasteiger partial charge in [0.2, 0.25) is 10.0 Å². The molecule has 1 aromatic heterocycles. The smallest absolute Gasteiger partial charge is 0.391 e. The Labute approximate surface area is 207 Å². The Kier molecular flexibility index (Phi) is 8.79. The van der Waals surface area contributed by atoms with Crippen LogP contribution >= 0.6 is 11.6 Å². The van der Waals surface area contributed by atoms with Crippen LogP contribution in [0.1, 0.15) is 48.5 Å². The van der Waals surface area contributed by atoms with Crippen LogP contribution in [0.4, 0.5) is 13.2 Å². The van der Waals surface area contributed by atoms with Gasteiger partial charge in [0.15, 0.2) is 0 Å². The summed E-state index contributed by atoms with van der Waals surface area (Å²) in [6.45, 7) is 1.24. The first-order chi connectivity index (χ1) is 16.4. The van der Waals surface area contributed by atoms with Crippen molar-refractivity contribution in [2.45, 2.75) is 62.3 Å². The van der Waals surface area contributed by atoms with Crippen molar-refractivity contribution in [1.29, 1.82) is 0 Å². The number of pyridine rings is 1. The van der Waals surface area contributed by atoms with E-state index in [-0.39, 0.29) is 42.5 Å². The Morgan fingerprint density at radius 2 is 1.91 bits per heavy atom. The highest BCUT2D eigenvalue weighted by Gasteiger charge is 2.45. The maximum atomic E-state index is 13.5. The molecule has 1 aliphatic carbocycles. The number of nitrogens with one attached hydrogen (secondary N) is 1. The molecule has 7 nitrogen and oxygen atoms in total. The predicted molar refractivity (Wildman–Crippen MR) is 124 cm³/mol. The summed E-state index contributed by atoms with van der Waals surface area (Å²) in [6, 6.07) is 7.42. The number of aliphatic hydroxyl groups is 1. The first-order valence-electron chi connectivity index (χ1n) is 11.1. The van der Waals surface area contributed by atoms with Crippen molar-refractivity contribution < 1.29 is 31.5 Å². The lowest BCUT2D eigenvalue weighted by atomic mass is 9.85. The van der Waals surface area contributed by atoms with Crippen LogP contribution in [0, 0.1) is 5.92 Å². The number of carbonyl (C=O) groups excluding carboxylic acids is 1. The number of aromatic nitrogens is 1. The fourth-order valence-electron chi connectivity index (χ4n) is 4.08. The van der Waals surface area contributed by atoms with E-state index in [0.29, 0.717) is 17.5 Å². The Morgan fingerprint density at radius 1 is 1.23 bits per heavy atom. The first-order valence-corrected chi connectivity index (χ1v) is 12.9. The minimum Gasteiger partial charge on any atom is -0.394 e. The molecule has 0 spiro atoms. The van der Waals surface area contributed by atoms with Gasteiger partial charge in [0, 0.05) is 30.4 Å². The van der Waals surface area contributed by atoms with Crippen molar-refractivity contribution in [3.8, 4) is 0 Å². The van der Waals surface area contributed by atoms with Crippen molar-refractivity contribution >= 4 is 27.5 Å². The van der Waals surface area contributed by atoms with Crippen LogP contribution in [0.25, 0.3) is 0 Å². The van der Waals surface area contributed by atoms with Gasteiger partial charge in [-0.25, -0.2) is 13.4 Å². The molecule has 3 atom stereocenters. The average molecular weight is 534 g/mol. The van der Waals surface area contributed by atoms with E-state index in [0.717, 1.165) is 10.5 Å². The highest BCUT2D eigenvalue weighted by atomic mass is 35.5. The minimum atomic E-state index is -4.41. The largest absolute Gasteiger partial charge is 0.394 e. The third kappa shape index (κ3) is 6.93. The molecule has 0 radical (unpaired) electrons. The second kappa shape index (κ2) is 11.2. The van der Waals surface area contributed by atoms with E-state index in [4.69, 9.17) is 16.7 Å². The predicted octanol–water partition coefficient (Wildman–Crippen LogP) is 4.16. The van der Waals surface area contributed by atoms with Gasteiger partial charge >= 0.3 is 6.18 Å². The molecule has 1 amide bonds. The Hall–Kier alpha value is -2.21. The van der Waals surface area contributed by atoms with E-state index in [1.165, 1.54) is 24.3 Å². The molecule has 12 heteroatoms. The number of aliphatic hydroxyl groups excluding tert-OH is 1. The summed E-state index contributed by atoms with van der Waals surface area (Å²) in [6.07, 6.45) is -3.13. The van der Waals surface area contributed by atoms with Crippen LogP contribution in [0.2, 0.25) is 5.15 Å². The maximum Gasteiger partial charge on any atom is 0.391 e. The lowest BCUT2D eigenvalue weighted by Gasteiger charge is -2.37. The standard InChI is InChI=1S/C23H27ClF3N3O4S/c1-15(14-31)29-22(32)17-7-5-16(6-8-17)13-30(19-4-2-3-18(11-19)23(25,26)27)35(33,34)20-9-10-21(24)28-12-20/h5-10,12,15,18-19,31H,2-4,11,13-14H2,1H3,(H,29,32). The average Bonchev–Trinajstić information content (AvgIpc) is 2.82. The highest BCUT2D eigenvalue weighted by molar-refractivity contribution is 7.89. The maximum absolute atomic E-state index is 13.5. The van der Waals surface area contributed by atoms with E-state index >= 15 is 0 Å². The molecule has 0 bridgehead atoms. The first kappa shape index (κ1) is 27.4. The zero-order valence-electron chi connectivity index (χ0n) is 19.0. The fraction of sp³-hybridized carbons (Fsp3) is 0.478.